The van der Waals surface area contributed by atoms with Gasteiger partial charge < -0.3 is 19.8 Å². The van der Waals surface area contributed by atoms with E-state index in [1.807, 2.05) is 153 Å². The summed E-state index contributed by atoms with van der Waals surface area (Å²) >= 11 is 15.2. The number of anilines is 2. The Balaban J connectivity index is 0.000000325. The number of rotatable bonds is 10. The van der Waals surface area contributed by atoms with E-state index in [4.69, 9.17) is 43.0 Å². The SMILES string of the molecule is CC[N+](C)(CC)C(=O)N(C)c1ccc(Sc2ccc(Cl)cc2)cc1.CC[N+](C)(CC)C(=O)N(C)c1ccc(Sc2ccc(Cl)cc2)cc1.O=C([O-])C(=O)[O-]. The molecule has 0 unspecified atom stereocenters. The van der Waals surface area contributed by atoms with Crippen LogP contribution in [0.4, 0.5) is 21.0 Å². The number of nitrogens with zero attached hydrogens (tertiary/aromatic N) is 4. The molecule has 4 aromatic rings. The van der Waals surface area contributed by atoms with Crippen molar-refractivity contribution in [2.24, 2.45) is 0 Å². The Labute approximate surface area is 337 Å². The molecule has 0 saturated heterocycles. The van der Waals surface area contributed by atoms with Gasteiger partial charge in [0.15, 0.2) is 0 Å². The van der Waals surface area contributed by atoms with Gasteiger partial charge in [-0.05, 0) is 125 Å². The fourth-order valence-electron chi connectivity index (χ4n) is 4.69. The van der Waals surface area contributed by atoms with E-state index in [9.17, 15) is 9.59 Å². The first-order chi connectivity index (χ1) is 25.4. The number of urea groups is 2. The lowest BCUT2D eigenvalue weighted by Crippen LogP contribution is -2.54. The zero-order valence-electron chi connectivity index (χ0n) is 31.9. The summed E-state index contributed by atoms with van der Waals surface area (Å²) in [4.78, 5) is 51.3. The number of carbonyl (C=O) groups is 4. The highest BCUT2D eigenvalue weighted by atomic mass is 35.5. The van der Waals surface area contributed by atoms with E-state index in [-0.39, 0.29) is 12.1 Å². The Bertz CT molecular complexity index is 1680. The van der Waals surface area contributed by atoms with Crippen LogP contribution in [0.15, 0.2) is 117 Å². The minimum absolute atomic E-state index is 0.109. The molecule has 54 heavy (non-hydrogen) atoms. The van der Waals surface area contributed by atoms with Crippen molar-refractivity contribution in [3.05, 3.63) is 107 Å². The number of amides is 4. The van der Waals surface area contributed by atoms with E-state index in [1.165, 1.54) is 0 Å². The lowest BCUT2D eigenvalue weighted by atomic mass is 10.3. The maximum Gasteiger partial charge on any atom is 0.423 e. The molecule has 4 rings (SSSR count). The summed E-state index contributed by atoms with van der Waals surface area (Å²) < 4.78 is 0.801. The number of quaternary nitrogens is 2. The number of carbonyl (C=O) groups excluding carboxylic acids is 4. The molecule has 0 heterocycles. The molecule has 10 nitrogen and oxygen atoms in total. The van der Waals surface area contributed by atoms with Gasteiger partial charge in [-0.1, -0.05) is 46.7 Å². The molecule has 0 aromatic heterocycles. The van der Waals surface area contributed by atoms with Crippen molar-refractivity contribution < 1.29 is 38.4 Å². The van der Waals surface area contributed by atoms with E-state index >= 15 is 0 Å². The zero-order valence-corrected chi connectivity index (χ0v) is 35.0. The fraction of sp³-hybridized carbons (Fsp3) is 0.300. The van der Waals surface area contributed by atoms with Gasteiger partial charge in [0.25, 0.3) is 0 Å². The first-order valence-corrected chi connectivity index (χ1v) is 19.6. The van der Waals surface area contributed by atoms with E-state index in [2.05, 4.69) is 0 Å². The number of hydrogen-bond donors (Lipinski definition) is 0. The minimum atomic E-state index is -2.19. The Kier molecular flexibility index (Phi) is 18.6. The second-order valence-electron chi connectivity index (χ2n) is 12.4. The highest BCUT2D eigenvalue weighted by Gasteiger charge is 2.33. The average Bonchev–Trinajstić information content (AvgIpc) is 3.19. The smallest absolute Gasteiger partial charge is 0.423 e. The summed E-state index contributed by atoms with van der Waals surface area (Å²) in [7, 11) is 7.63. The first-order valence-electron chi connectivity index (χ1n) is 17.2. The summed E-state index contributed by atoms with van der Waals surface area (Å²) in [5.41, 5.74) is 1.82. The molecule has 290 valence electrons. The van der Waals surface area contributed by atoms with Crippen molar-refractivity contribution in [3.63, 3.8) is 0 Å². The summed E-state index contributed by atoms with van der Waals surface area (Å²) in [6.07, 6.45) is 0. The van der Waals surface area contributed by atoms with Crippen LogP contribution in [0.1, 0.15) is 27.7 Å². The summed E-state index contributed by atoms with van der Waals surface area (Å²) in [5.74, 6) is -4.37. The monoisotopic (exact) mass is 814 g/mol. The standard InChI is InChI=1S/2C19H24ClN2OS.C2H2O4/c2*1-5-22(4,6-2)19(23)21(3)16-9-13-18(14-10-16)24-17-11-7-15(20)8-12-17;3-1(4)2(5)6/h2*7-14H,5-6H2,1-4H3;(H,3,4)(H,5,6)/q2*+1;/p-2. The third kappa shape index (κ3) is 13.7. The van der Waals surface area contributed by atoms with Gasteiger partial charge in [-0.15, -0.1) is 0 Å². The molecule has 0 aliphatic heterocycles. The van der Waals surface area contributed by atoms with Gasteiger partial charge in [-0.25, -0.2) is 18.6 Å². The lowest BCUT2D eigenvalue weighted by molar-refractivity contribution is -0.824. The van der Waals surface area contributed by atoms with Crippen LogP contribution >= 0.6 is 46.7 Å². The van der Waals surface area contributed by atoms with Crippen LogP contribution in [0.3, 0.4) is 0 Å². The second kappa shape index (κ2) is 21.7. The zero-order chi connectivity index (χ0) is 40.6. The van der Waals surface area contributed by atoms with Crippen molar-refractivity contribution in [1.82, 2.24) is 0 Å². The van der Waals surface area contributed by atoms with Crippen LogP contribution in [0.2, 0.25) is 10.0 Å². The fourth-order valence-corrected chi connectivity index (χ4v) is 6.57. The number of halogens is 2. The lowest BCUT2D eigenvalue weighted by Gasteiger charge is -2.32. The third-order valence-electron chi connectivity index (χ3n) is 9.00. The van der Waals surface area contributed by atoms with Crippen LogP contribution in [-0.4, -0.2) is 87.3 Å². The number of carboxylic acid groups (broad SMARTS) is 2. The molecule has 14 heteroatoms. The van der Waals surface area contributed by atoms with Crippen molar-refractivity contribution in [3.8, 4) is 0 Å². The quantitative estimate of drug-likeness (QED) is 0.119. The number of aliphatic carboxylic acids is 2. The highest BCUT2D eigenvalue weighted by molar-refractivity contribution is 7.99. The van der Waals surface area contributed by atoms with Crippen LogP contribution in [0, 0.1) is 0 Å². The molecule has 0 fully saturated rings. The van der Waals surface area contributed by atoms with E-state index in [1.54, 1.807) is 33.3 Å². The van der Waals surface area contributed by atoms with Crippen LogP contribution in [-0.2, 0) is 9.59 Å². The maximum atomic E-state index is 12.7. The molecule has 0 saturated carbocycles. The molecule has 4 amide bonds. The topological polar surface area (TPSA) is 121 Å². The van der Waals surface area contributed by atoms with E-state index in [0.29, 0.717) is 8.97 Å². The van der Waals surface area contributed by atoms with E-state index < -0.39 is 11.9 Å². The second-order valence-corrected chi connectivity index (χ2v) is 15.6. The third-order valence-corrected chi connectivity index (χ3v) is 11.5. The minimum Gasteiger partial charge on any atom is -0.543 e. The van der Waals surface area contributed by atoms with Gasteiger partial charge in [0.1, 0.15) is 0 Å². The van der Waals surface area contributed by atoms with Crippen molar-refractivity contribution in [1.29, 1.82) is 0 Å². The molecular weight excluding hydrogens is 768 g/mol. The molecule has 0 bridgehead atoms. The van der Waals surface area contributed by atoms with Gasteiger partial charge in [-0.2, -0.15) is 0 Å². The maximum absolute atomic E-state index is 12.7. The molecule has 0 aliphatic rings. The van der Waals surface area contributed by atoms with Crippen LogP contribution < -0.4 is 20.0 Å². The van der Waals surface area contributed by atoms with Gasteiger partial charge in [0.2, 0.25) is 0 Å². The Morgan fingerprint density at radius 2 is 0.722 bits per heavy atom. The number of hydrogen-bond acceptors (Lipinski definition) is 8. The van der Waals surface area contributed by atoms with Gasteiger partial charge in [0, 0.05) is 55.1 Å². The molecule has 0 aliphatic carbocycles. The molecule has 0 atom stereocenters. The van der Waals surface area contributed by atoms with Crippen molar-refractivity contribution in [2.45, 2.75) is 47.3 Å². The Morgan fingerprint density at radius 3 is 0.926 bits per heavy atom. The van der Waals surface area contributed by atoms with Gasteiger partial charge in [0.05, 0.1) is 52.2 Å². The average molecular weight is 816 g/mol. The van der Waals surface area contributed by atoms with Crippen molar-refractivity contribution in [2.75, 3.05) is 64.2 Å². The van der Waals surface area contributed by atoms with E-state index in [0.717, 1.165) is 67.2 Å². The Hall–Kier alpha value is -4.04. The van der Waals surface area contributed by atoms with Crippen LogP contribution in [0.5, 0.6) is 0 Å². The summed E-state index contributed by atoms with van der Waals surface area (Å²) in [5, 5.41) is 19.3. The predicted molar refractivity (Wildman–Crippen MR) is 216 cm³/mol. The van der Waals surface area contributed by atoms with Gasteiger partial charge >= 0.3 is 12.1 Å². The molecule has 0 spiro atoms. The molecule has 4 aromatic carbocycles. The Morgan fingerprint density at radius 1 is 0.500 bits per heavy atom. The number of benzene rings is 4. The molecule has 0 radical (unpaired) electrons. The van der Waals surface area contributed by atoms with Crippen LogP contribution in [0.25, 0.3) is 0 Å². The normalized spacial score (nSPS) is 10.9. The summed E-state index contributed by atoms with van der Waals surface area (Å²) in [6.45, 7) is 11.3. The van der Waals surface area contributed by atoms with Gasteiger partial charge in [-0.3, -0.25) is 9.80 Å². The molecular formula is C40H48Cl2N4O6S2. The predicted octanol–water partition coefficient (Wildman–Crippen LogP) is 7.55. The largest absolute Gasteiger partial charge is 0.543 e. The number of carboxylic acids is 2. The first kappa shape index (κ1) is 46.1. The van der Waals surface area contributed by atoms with Crippen molar-refractivity contribution >= 4 is 82.1 Å². The molecule has 0 N–H and O–H groups in total. The highest BCUT2D eigenvalue weighted by Crippen LogP contribution is 2.31. The summed E-state index contributed by atoms with van der Waals surface area (Å²) in [6, 6.07) is 31.9.